The van der Waals surface area contributed by atoms with Crippen LogP contribution in [0.1, 0.15) is 59.2 Å². The Morgan fingerprint density at radius 1 is 1.10 bits per heavy atom. The number of alkyl halides is 3. The minimum Gasteiger partial charge on any atom is -0.489 e. The molecule has 2 N–H and O–H groups in total. The van der Waals surface area contributed by atoms with E-state index in [4.69, 9.17) is 9.47 Å². The van der Waals surface area contributed by atoms with E-state index in [-0.39, 0.29) is 35.7 Å². The number of aromatic carboxylic acids is 1. The number of ether oxygens (including phenoxy) is 2. The van der Waals surface area contributed by atoms with Gasteiger partial charge >= 0.3 is 12.1 Å². The molecule has 0 radical (unpaired) electrons. The first-order valence-corrected chi connectivity index (χ1v) is 12.9. The fourth-order valence-electron chi connectivity index (χ4n) is 5.69. The van der Waals surface area contributed by atoms with Gasteiger partial charge in [0.05, 0.1) is 16.7 Å². The minimum atomic E-state index is -4.45. The number of nitrogens with zero attached hydrogens (tertiary/aromatic N) is 1. The lowest BCUT2D eigenvalue weighted by molar-refractivity contribution is -0.141. The van der Waals surface area contributed by atoms with Gasteiger partial charge in [0.25, 0.3) is 0 Å². The number of aryl methyl sites for hydroxylation is 1. The van der Waals surface area contributed by atoms with Gasteiger partial charge in [-0.05, 0) is 74.4 Å². The Bertz CT molecular complexity index is 1230. The first-order valence-electron chi connectivity index (χ1n) is 12.9. The number of benzene rings is 2. The molecule has 1 saturated carbocycles. The highest BCUT2D eigenvalue weighted by atomic mass is 35.5. The number of nitrogens with one attached hydrogen (secondary N) is 1. The van der Waals surface area contributed by atoms with E-state index < -0.39 is 28.8 Å². The molecule has 1 amide bonds. The highest BCUT2D eigenvalue weighted by molar-refractivity contribution is 5.90. The third-order valence-electron chi connectivity index (χ3n) is 8.07. The SMILES string of the molecule is Cc1cc(C2(NC(=O)C3(N4CCC(Oc5cccc(C(F)(F)F)c5)C4)CCOCC3)CC2)ccc1C(=O)O.Cl. The summed E-state index contributed by atoms with van der Waals surface area (Å²) < 4.78 is 50.9. The Morgan fingerprint density at radius 3 is 2.44 bits per heavy atom. The van der Waals surface area contributed by atoms with E-state index in [2.05, 4.69) is 10.2 Å². The molecule has 0 spiro atoms. The van der Waals surface area contributed by atoms with Crippen molar-refractivity contribution in [2.24, 2.45) is 0 Å². The van der Waals surface area contributed by atoms with E-state index in [9.17, 15) is 27.9 Å². The van der Waals surface area contributed by atoms with Crippen LogP contribution in [0, 0.1) is 6.92 Å². The van der Waals surface area contributed by atoms with Gasteiger partial charge in [-0.2, -0.15) is 13.2 Å². The average Bonchev–Trinajstić information content (AvgIpc) is 3.51. The molecule has 39 heavy (non-hydrogen) atoms. The molecule has 2 heterocycles. The van der Waals surface area contributed by atoms with Gasteiger partial charge in [0, 0.05) is 26.3 Å². The molecule has 5 rings (SSSR count). The molecular weight excluding hydrogens is 537 g/mol. The molecule has 1 aliphatic carbocycles. The molecule has 2 aromatic rings. The summed E-state index contributed by atoms with van der Waals surface area (Å²) in [4.78, 5) is 27.5. The molecule has 212 valence electrons. The van der Waals surface area contributed by atoms with Gasteiger partial charge in [0.1, 0.15) is 17.4 Å². The van der Waals surface area contributed by atoms with Gasteiger partial charge in [0.15, 0.2) is 0 Å². The second-order valence-corrected chi connectivity index (χ2v) is 10.5. The van der Waals surface area contributed by atoms with Crippen LogP contribution in [0.3, 0.4) is 0 Å². The van der Waals surface area contributed by atoms with Crippen LogP contribution >= 0.6 is 12.4 Å². The lowest BCUT2D eigenvalue weighted by Crippen LogP contribution is -2.62. The van der Waals surface area contributed by atoms with Crippen LogP contribution in [0.15, 0.2) is 42.5 Å². The normalized spacial score (nSPS) is 22.0. The standard InChI is InChI=1S/C28H31F3N2O5.ClH/c1-18-15-19(5-6-23(18)24(34)35)26(8-9-26)32-25(36)27(10-13-37-14-11-27)33-12-7-22(17-33)38-21-4-2-3-20(16-21)28(29,30)31;/h2-6,15-16,22H,7-14,17H2,1H3,(H,32,36)(H,34,35);1H. The van der Waals surface area contributed by atoms with E-state index in [0.29, 0.717) is 51.1 Å². The topological polar surface area (TPSA) is 88.1 Å². The van der Waals surface area contributed by atoms with E-state index >= 15 is 0 Å². The third-order valence-corrected chi connectivity index (χ3v) is 8.07. The summed E-state index contributed by atoms with van der Waals surface area (Å²) in [5, 5.41) is 12.6. The fourth-order valence-corrected chi connectivity index (χ4v) is 5.69. The first-order chi connectivity index (χ1) is 18.0. The predicted molar refractivity (Wildman–Crippen MR) is 139 cm³/mol. The third kappa shape index (κ3) is 5.88. The summed E-state index contributed by atoms with van der Waals surface area (Å²) >= 11 is 0. The number of amides is 1. The number of carboxylic acids is 1. The molecule has 3 fully saturated rings. The number of carbonyl (C=O) groups is 2. The molecular formula is C28H32ClF3N2O5. The Kier molecular flexibility index (Phi) is 8.21. The van der Waals surface area contributed by atoms with Crippen molar-refractivity contribution in [2.75, 3.05) is 26.3 Å². The zero-order chi connectivity index (χ0) is 27.1. The number of halogens is 4. The fraction of sp³-hybridized carbons (Fsp3) is 0.500. The molecule has 1 atom stereocenters. The van der Waals surface area contributed by atoms with Gasteiger partial charge in [-0.15, -0.1) is 12.4 Å². The maximum Gasteiger partial charge on any atom is 0.416 e. The lowest BCUT2D eigenvalue weighted by atomic mass is 9.86. The van der Waals surface area contributed by atoms with Crippen LogP contribution in [-0.4, -0.2) is 59.8 Å². The van der Waals surface area contributed by atoms with Crippen molar-refractivity contribution in [1.29, 1.82) is 0 Å². The summed E-state index contributed by atoms with van der Waals surface area (Å²) in [5.41, 5.74) is -0.325. The zero-order valence-electron chi connectivity index (χ0n) is 21.6. The van der Waals surface area contributed by atoms with Gasteiger partial charge in [-0.1, -0.05) is 18.2 Å². The molecule has 3 aliphatic rings. The second-order valence-electron chi connectivity index (χ2n) is 10.5. The molecule has 0 bridgehead atoms. The van der Waals surface area contributed by atoms with E-state index in [1.807, 2.05) is 6.07 Å². The average molecular weight is 569 g/mol. The molecule has 2 aromatic carbocycles. The Hall–Kier alpha value is -2.82. The largest absolute Gasteiger partial charge is 0.489 e. The highest BCUT2D eigenvalue weighted by Crippen LogP contribution is 2.47. The molecule has 1 unspecified atom stereocenters. The molecule has 7 nitrogen and oxygen atoms in total. The van der Waals surface area contributed by atoms with Crippen LogP contribution in [-0.2, 0) is 21.2 Å². The van der Waals surface area contributed by atoms with Gasteiger partial charge in [-0.3, -0.25) is 9.69 Å². The van der Waals surface area contributed by atoms with E-state index in [1.165, 1.54) is 12.1 Å². The summed E-state index contributed by atoms with van der Waals surface area (Å²) in [6, 6.07) is 10.1. The van der Waals surface area contributed by atoms with Gasteiger partial charge in [0.2, 0.25) is 5.91 Å². The minimum absolute atomic E-state index is 0. The van der Waals surface area contributed by atoms with Crippen molar-refractivity contribution in [3.8, 4) is 5.75 Å². The van der Waals surface area contributed by atoms with Crippen molar-refractivity contribution >= 4 is 24.3 Å². The van der Waals surface area contributed by atoms with Gasteiger partial charge in [-0.25, -0.2) is 4.79 Å². The van der Waals surface area contributed by atoms with E-state index in [0.717, 1.165) is 30.5 Å². The number of hydrogen-bond donors (Lipinski definition) is 2. The van der Waals surface area contributed by atoms with Crippen LogP contribution in [0.5, 0.6) is 5.75 Å². The van der Waals surface area contributed by atoms with Crippen LogP contribution in [0.4, 0.5) is 13.2 Å². The maximum absolute atomic E-state index is 13.9. The Labute approximate surface area is 231 Å². The molecule has 2 aliphatic heterocycles. The number of rotatable bonds is 7. The van der Waals surface area contributed by atoms with Crippen molar-refractivity contribution < 1.29 is 37.3 Å². The molecule has 0 aromatic heterocycles. The summed E-state index contributed by atoms with van der Waals surface area (Å²) in [6.45, 7) is 3.62. The Morgan fingerprint density at radius 2 is 1.82 bits per heavy atom. The number of carboxylic acid groups (broad SMARTS) is 1. The Balaban J connectivity index is 0.00000353. The van der Waals surface area contributed by atoms with Crippen molar-refractivity contribution in [2.45, 2.75) is 62.4 Å². The predicted octanol–water partition coefficient (Wildman–Crippen LogP) is 4.94. The number of carbonyl (C=O) groups excluding carboxylic acids is 1. The second kappa shape index (κ2) is 11.0. The van der Waals surface area contributed by atoms with E-state index in [1.54, 1.807) is 19.1 Å². The van der Waals surface area contributed by atoms with Crippen molar-refractivity contribution in [3.05, 3.63) is 64.7 Å². The highest BCUT2D eigenvalue weighted by Gasteiger charge is 2.53. The summed E-state index contributed by atoms with van der Waals surface area (Å²) in [7, 11) is 0. The van der Waals surface area contributed by atoms with Crippen LogP contribution in [0.2, 0.25) is 0 Å². The number of likely N-dealkylation sites (tertiary alicyclic amines) is 1. The van der Waals surface area contributed by atoms with Crippen molar-refractivity contribution in [1.82, 2.24) is 10.2 Å². The monoisotopic (exact) mass is 568 g/mol. The first kappa shape index (κ1) is 29.2. The zero-order valence-corrected chi connectivity index (χ0v) is 22.4. The summed E-state index contributed by atoms with van der Waals surface area (Å²) in [6.07, 6.45) is -1.67. The quantitative estimate of drug-likeness (QED) is 0.492. The molecule has 2 saturated heterocycles. The summed E-state index contributed by atoms with van der Waals surface area (Å²) in [5.74, 6) is -0.924. The lowest BCUT2D eigenvalue weighted by Gasteiger charge is -2.44. The van der Waals surface area contributed by atoms with Gasteiger partial charge < -0.3 is 19.9 Å². The van der Waals surface area contributed by atoms with Crippen molar-refractivity contribution in [3.63, 3.8) is 0 Å². The smallest absolute Gasteiger partial charge is 0.416 e. The van der Waals surface area contributed by atoms with Crippen LogP contribution < -0.4 is 10.1 Å². The molecule has 11 heteroatoms. The number of hydrogen-bond acceptors (Lipinski definition) is 5. The maximum atomic E-state index is 13.9. The van der Waals surface area contributed by atoms with Crippen LogP contribution in [0.25, 0.3) is 0 Å².